The summed E-state index contributed by atoms with van der Waals surface area (Å²) in [6.45, 7) is 6.36. The highest BCUT2D eigenvalue weighted by atomic mass is 35.5. The Bertz CT molecular complexity index is 338. The van der Waals surface area contributed by atoms with E-state index in [-0.39, 0.29) is 12.4 Å². The summed E-state index contributed by atoms with van der Waals surface area (Å²) < 4.78 is 0. The zero-order valence-corrected chi connectivity index (χ0v) is 12.4. The van der Waals surface area contributed by atoms with E-state index in [1.54, 1.807) is 11.3 Å². The van der Waals surface area contributed by atoms with E-state index >= 15 is 0 Å². The summed E-state index contributed by atoms with van der Waals surface area (Å²) in [6.07, 6.45) is 4.74. The smallest absolute Gasteiger partial charge is 0.0897 e. The highest BCUT2D eigenvalue weighted by molar-refractivity contribution is 7.11. The van der Waals surface area contributed by atoms with E-state index in [1.807, 2.05) is 6.20 Å². The van der Waals surface area contributed by atoms with Crippen molar-refractivity contribution in [2.45, 2.75) is 45.3 Å². The summed E-state index contributed by atoms with van der Waals surface area (Å²) in [7, 11) is 2.24. The first-order valence-corrected chi connectivity index (χ1v) is 6.82. The fraction of sp³-hybridized carbons (Fsp3) is 0.750. The van der Waals surface area contributed by atoms with Crippen molar-refractivity contribution in [2.75, 3.05) is 13.6 Å². The zero-order chi connectivity index (χ0) is 11.5. The Morgan fingerprint density at radius 1 is 1.59 bits per heavy atom. The molecule has 1 aromatic heterocycles. The first-order chi connectivity index (χ1) is 7.66. The molecule has 1 saturated carbocycles. The maximum absolute atomic E-state index is 4.26. The second-order valence-electron chi connectivity index (χ2n) is 4.72. The SMILES string of the molecule is Cc1ncc(CNCC(C)N(C)C2CC2)s1.Cl. The Labute approximate surface area is 114 Å². The summed E-state index contributed by atoms with van der Waals surface area (Å²) in [4.78, 5) is 8.08. The number of hydrogen-bond acceptors (Lipinski definition) is 4. The van der Waals surface area contributed by atoms with Crippen LogP contribution in [0.4, 0.5) is 0 Å². The zero-order valence-electron chi connectivity index (χ0n) is 10.8. The van der Waals surface area contributed by atoms with E-state index in [9.17, 15) is 0 Å². The molecule has 2 rings (SSSR count). The minimum Gasteiger partial charge on any atom is -0.310 e. The fourth-order valence-corrected chi connectivity index (χ4v) is 2.64. The standard InChI is InChI=1S/C12H21N3S.ClH/c1-9(15(3)11-4-5-11)6-13-7-12-8-14-10(2)16-12;/h8-9,11,13H,4-7H2,1-3H3;1H. The summed E-state index contributed by atoms with van der Waals surface area (Å²) in [5.41, 5.74) is 0. The molecule has 1 aromatic rings. The number of likely N-dealkylation sites (N-methyl/N-ethyl adjacent to an activating group) is 1. The fourth-order valence-electron chi connectivity index (χ4n) is 1.88. The molecule has 1 aliphatic carbocycles. The molecular weight excluding hydrogens is 254 g/mol. The van der Waals surface area contributed by atoms with Gasteiger partial charge in [0, 0.05) is 36.2 Å². The second kappa shape index (κ2) is 6.69. The molecule has 0 aliphatic heterocycles. The van der Waals surface area contributed by atoms with Crippen LogP contribution in [0, 0.1) is 6.92 Å². The number of hydrogen-bond donors (Lipinski definition) is 1. The van der Waals surface area contributed by atoms with Crippen LogP contribution in [-0.4, -0.2) is 35.6 Å². The lowest BCUT2D eigenvalue weighted by atomic mass is 10.3. The third kappa shape index (κ3) is 4.54. The summed E-state index contributed by atoms with van der Waals surface area (Å²) in [6, 6.07) is 1.48. The van der Waals surface area contributed by atoms with Crippen LogP contribution >= 0.6 is 23.7 Å². The van der Waals surface area contributed by atoms with Gasteiger partial charge in [0.2, 0.25) is 0 Å². The molecular formula is C12H22ClN3S. The summed E-state index contributed by atoms with van der Waals surface area (Å²) >= 11 is 1.78. The van der Waals surface area contributed by atoms with Gasteiger partial charge in [0.15, 0.2) is 0 Å². The minimum absolute atomic E-state index is 0. The van der Waals surface area contributed by atoms with E-state index in [4.69, 9.17) is 0 Å². The van der Waals surface area contributed by atoms with E-state index in [0.717, 1.165) is 24.1 Å². The van der Waals surface area contributed by atoms with Gasteiger partial charge in [0.1, 0.15) is 0 Å². The lowest BCUT2D eigenvalue weighted by molar-refractivity contribution is 0.241. The van der Waals surface area contributed by atoms with Crippen LogP contribution in [0.15, 0.2) is 6.20 Å². The van der Waals surface area contributed by atoms with Crippen molar-refractivity contribution in [1.29, 1.82) is 0 Å². The highest BCUT2D eigenvalue weighted by Gasteiger charge is 2.28. The third-order valence-electron chi connectivity index (χ3n) is 3.23. The predicted molar refractivity (Wildman–Crippen MR) is 76.1 cm³/mol. The van der Waals surface area contributed by atoms with Crippen molar-refractivity contribution in [3.05, 3.63) is 16.1 Å². The van der Waals surface area contributed by atoms with Crippen molar-refractivity contribution < 1.29 is 0 Å². The molecule has 1 unspecified atom stereocenters. The Balaban J connectivity index is 0.00000144. The molecule has 0 saturated heterocycles. The Hall–Kier alpha value is -0.160. The van der Waals surface area contributed by atoms with Gasteiger partial charge in [-0.15, -0.1) is 23.7 Å². The highest BCUT2D eigenvalue weighted by Crippen LogP contribution is 2.26. The van der Waals surface area contributed by atoms with Gasteiger partial charge in [0.05, 0.1) is 5.01 Å². The predicted octanol–water partition coefficient (Wildman–Crippen LogP) is 2.45. The average molecular weight is 276 g/mol. The minimum atomic E-state index is 0. The van der Waals surface area contributed by atoms with Gasteiger partial charge < -0.3 is 5.32 Å². The van der Waals surface area contributed by atoms with Crippen molar-refractivity contribution in [3.63, 3.8) is 0 Å². The van der Waals surface area contributed by atoms with Gasteiger partial charge >= 0.3 is 0 Å². The van der Waals surface area contributed by atoms with Gasteiger partial charge in [-0.3, -0.25) is 4.90 Å². The van der Waals surface area contributed by atoms with Gasteiger partial charge in [-0.1, -0.05) is 0 Å². The summed E-state index contributed by atoms with van der Waals surface area (Å²) in [5.74, 6) is 0. The maximum Gasteiger partial charge on any atom is 0.0897 e. The summed E-state index contributed by atoms with van der Waals surface area (Å²) in [5, 5.41) is 4.66. The van der Waals surface area contributed by atoms with Gasteiger partial charge in [-0.2, -0.15) is 0 Å². The first kappa shape index (κ1) is 14.9. The van der Waals surface area contributed by atoms with E-state index in [0.29, 0.717) is 6.04 Å². The number of rotatable bonds is 6. The van der Waals surface area contributed by atoms with E-state index in [2.05, 4.69) is 36.1 Å². The maximum atomic E-state index is 4.26. The first-order valence-electron chi connectivity index (χ1n) is 6.01. The quantitative estimate of drug-likeness (QED) is 0.864. The second-order valence-corrected chi connectivity index (χ2v) is 6.04. The normalized spacial score (nSPS) is 16.9. The largest absolute Gasteiger partial charge is 0.310 e. The Kier molecular flexibility index (Phi) is 5.86. The molecule has 0 radical (unpaired) electrons. The lowest BCUT2D eigenvalue weighted by Gasteiger charge is -2.24. The Morgan fingerprint density at radius 3 is 2.82 bits per heavy atom. The van der Waals surface area contributed by atoms with Gasteiger partial charge in [-0.25, -0.2) is 4.98 Å². The number of aromatic nitrogens is 1. The van der Waals surface area contributed by atoms with Crippen LogP contribution in [0.1, 0.15) is 29.7 Å². The van der Waals surface area contributed by atoms with Crippen LogP contribution < -0.4 is 5.32 Å². The number of aryl methyl sites for hydroxylation is 1. The number of nitrogens with zero attached hydrogens (tertiary/aromatic N) is 2. The molecule has 1 heterocycles. The number of halogens is 1. The topological polar surface area (TPSA) is 28.2 Å². The molecule has 3 nitrogen and oxygen atoms in total. The van der Waals surface area contributed by atoms with Crippen molar-refractivity contribution in [3.8, 4) is 0 Å². The van der Waals surface area contributed by atoms with Gasteiger partial charge in [-0.05, 0) is 33.7 Å². The number of nitrogens with one attached hydrogen (secondary N) is 1. The molecule has 1 fully saturated rings. The molecule has 17 heavy (non-hydrogen) atoms. The van der Waals surface area contributed by atoms with Crippen molar-refractivity contribution in [1.82, 2.24) is 15.2 Å². The van der Waals surface area contributed by atoms with Crippen molar-refractivity contribution >= 4 is 23.7 Å². The lowest BCUT2D eigenvalue weighted by Crippen LogP contribution is -2.38. The molecule has 0 bridgehead atoms. The molecule has 0 amide bonds. The van der Waals surface area contributed by atoms with Crippen LogP contribution in [0.5, 0.6) is 0 Å². The van der Waals surface area contributed by atoms with Crippen molar-refractivity contribution in [2.24, 2.45) is 0 Å². The van der Waals surface area contributed by atoms with Crippen LogP contribution in [0.25, 0.3) is 0 Å². The molecule has 0 spiro atoms. The van der Waals surface area contributed by atoms with Crippen LogP contribution in [-0.2, 0) is 6.54 Å². The average Bonchev–Trinajstić information content (AvgIpc) is 3.02. The monoisotopic (exact) mass is 275 g/mol. The Morgan fingerprint density at radius 2 is 2.29 bits per heavy atom. The van der Waals surface area contributed by atoms with Gasteiger partial charge in [0.25, 0.3) is 0 Å². The van der Waals surface area contributed by atoms with Crippen LogP contribution in [0.3, 0.4) is 0 Å². The molecule has 1 aliphatic rings. The van der Waals surface area contributed by atoms with Crippen LogP contribution in [0.2, 0.25) is 0 Å². The van der Waals surface area contributed by atoms with E-state index in [1.165, 1.54) is 17.7 Å². The van der Waals surface area contributed by atoms with E-state index < -0.39 is 0 Å². The molecule has 1 atom stereocenters. The third-order valence-corrected chi connectivity index (χ3v) is 4.14. The molecule has 1 N–H and O–H groups in total. The number of thiazole rings is 1. The molecule has 0 aromatic carbocycles. The molecule has 98 valence electrons. The molecule has 5 heteroatoms.